The van der Waals surface area contributed by atoms with E-state index in [0.29, 0.717) is 0 Å². The Bertz CT molecular complexity index is 1090. The molecule has 4 heteroatoms. The molecule has 0 saturated carbocycles. The predicted octanol–water partition coefficient (Wildman–Crippen LogP) is 5.77. The van der Waals surface area contributed by atoms with Gasteiger partial charge in [-0.3, -0.25) is 9.78 Å². The Balaban J connectivity index is 1.49. The van der Waals surface area contributed by atoms with Crippen LogP contribution in [0.4, 0.5) is 11.4 Å². The molecular weight excluding hydrogens is 382 g/mol. The van der Waals surface area contributed by atoms with Crippen LogP contribution in [-0.4, -0.2) is 17.9 Å². The minimum atomic E-state index is -0.134. The molecule has 4 aromatic rings. The maximum Gasteiger partial charge on any atom is 0.229 e. The van der Waals surface area contributed by atoms with E-state index in [4.69, 9.17) is 0 Å². The van der Waals surface area contributed by atoms with Gasteiger partial charge in [0.05, 0.1) is 18.3 Å². The smallest absolute Gasteiger partial charge is 0.229 e. The standard InChI is InChI=1S/C27H24N3O/c1-28-26-19-29-17-16-24(26)22-12-14-23(15-13-22)30-27(31)18-25(20-8-4-2-5-9-20)21-10-6-3-7-11-21/h2-19,25,28H,1H3,(H,30,31). The molecule has 1 heterocycles. The van der Waals surface area contributed by atoms with E-state index >= 15 is 0 Å². The average molecular weight is 407 g/mol. The Labute approximate surface area is 183 Å². The Morgan fingerprint density at radius 3 is 2.03 bits per heavy atom. The quantitative estimate of drug-likeness (QED) is 0.410. The summed E-state index contributed by atoms with van der Waals surface area (Å²) >= 11 is 0. The van der Waals surface area contributed by atoms with E-state index in [0.717, 1.165) is 33.6 Å². The lowest BCUT2D eigenvalue weighted by Crippen LogP contribution is -2.17. The maximum atomic E-state index is 12.8. The van der Waals surface area contributed by atoms with E-state index in [-0.39, 0.29) is 11.8 Å². The van der Waals surface area contributed by atoms with Crippen LogP contribution in [0.15, 0.2) is 103 Å². The zero-order valence-corrected chi connectivity index (χ0v) is 17.3. The summed E-state index contributed by atoms with van der Waals surface area (Å²) < 4.78 is 0. The molecule has 0 aliphatic carbocycles. The van der Waals surface area contributed by atoms with Crippen LogP contribution in [0.2, 0.25) is 0 Å². The number of carbonyl (C=O) groups excluding carboxylic acids is 1. The first-order chi connectivity index (χ1) is 15.2. The van der Waals surface area contributed by atoms with Crippen LogP contribution in [0.5, 0.6) is 0 Å². The number of hydrogen-bond acceptors (Lipinski definition) is 3. The summed E-state index contributed by atoms with van der Waals surface area (Å²) in [5.74, 6) is -0.248. The van der Waals surface area contributed by atoms with E-state index in [1.807, 2.05) is 98.0 Å². The number of rotatable bonds is 7. The first kappa shape index (κ1) is 20.4. The molecule has 2 N–H and O–H groups in total. The van der Waals surface area contributed by atoms with Crippen molar-refractivity contribution >= 4 is 17.3 Å². The molecule has 0 fully saturated rings. The molecule has 4 nitrogen and oxygen atoms in total. The van der Waals surface area contributed by atoms with Crippen molar-refractivity contribution in [3.8, 4) is 11.1 Å². The summed E-state index contributed by atoms with van der Waals surface area (Å²) in [5, 5.41) is 6.15. The van der Waals surface area contributed by atoms with Gasteiger partial charge in [0.1, 0.15) is 0 Å². The van der Waals surface area contributed by atoms with E-state index in [1.54, 1.807) is 18.8 Å². The van der Waals surface area contributed by atoms with Crippen LogP contribution in [0.25, 0.3) is 11.1 Å². The second-order valence-electron chi connectivity index (χ2n) is 7.20. The average Bonchev–Trinajstić information content (AvgIpc) is 2.84. The van der Waals surface area contributed by atoms with E-state index in [9.17, 15) is 4.79 Å². The van der Waals surface area contributed by atoms with Gasteiger partial charge in [0, 0.05) is 30.4 Å². The lowest BCUT2D eigenvalue weighted by Gasteiger charge is -2.17. The molecule has 0 unspecified atom stereocenters. The summed E-state index contributed by atoms with van der Waals surface area (Å²) in [6.45, 7) is 0. The fourth-order valence-corrected chi connectivity index (χ4v) is 3.62. The number of anilines is 2. The van der Waals surface area contributed by atoms with Crippen LogP contribution in [-0.2, 0) is 4.79 Å². The Morgan fingerprint density at radius 1 is 0.839 bits per heavy atom. The predicted molar refractivity (Wildman–Crippen MR) is 127 cm³/mol. The number of amides is 1. The SMILES string of the molecule is CNc1cnccc1-c1ccc(NC(=O)[CH]C(c2ccccc2)c2ccccc2)cc1. The van der Waals surface area contributed by atoms with Crippen molar-refractivity contribution in [3.63, 3.8) is 0 Å². The van der Waals surface area contributed by atoms with Gasteiger partial charge in [0.15, 0.2) is 0 Å². The monoisotopic (exact) mass is 406 g/mol. The van der Waals surface area contributed by atoms with E-state index in [1.165, 1.54) is 0 Å². The molecule has 0 saturated heterocycles. The van der Waals surface area contributed by atoms with Gasteiger partial charge < -0.3 is 10.6 Å². The number of nitrogens with one attached hydrogen (secondary N) is 2. The lowest BCUT2D eigenvalue weighted by atomic mass is 9.88. The molecule has 0 aliphatic rings. The molecule has 3 aromatic carbocycles. The van der Waals surface area contributed by atoms with Crippen LogP contribution in [0.3, 0.4) is 0 Å². The fraction of sp³-hybridized carbons (Fsp3) is 0.0741. The molecule has 0 spiro atoms. The molecule has 0 aliphatic heterocycles. The van der Waals surface area contributed by atoms with Gasteiger partial charge in [-0.2, -0.15) is 0 Å². The van der Waals surface area contributed by atoms with Crippen LogP contribution in [0.1, 0.15) is 17.0 Å². The highest BCUT2D eigenvalue weighted by atomic mass is 16.1. The highest BCUT2D eigenvalue weighted by Crippen LogP contribution is 2.29. The van der Waals surface area contributed by atoms with Crippen LogP contribution in [0, 0.1) is 6.42 Å². The summed E-state index contributed by atoms with van der Waals surface area (Å²) in [7, 11) is 1.88. The Hall–Kier alpha value is -3.92. The number of benzene rings is 3. The molecule has 1 radical (unpaired) electrons. The fourth-order valence-electron chi connectivity index (χ4n) is 3.62. The Kier molecular flexibility index (Phi) is 6.38. The molecule has 1 amide bonds. The first-order valence-electron chi connectivity index (χ1n) is 10.2. The highest BCUT2D eigenvalue weighted by Gasteiger charge is 2.18. The van der Waals surface area contributed by atoms with Gasteiger partial charge in [-0.15, -0.1) is 0 Å². The third-order valence-corrected chi connectivity index (χ3v) is 5.19. The summed E-state index contributed by atoms with van der Waals surface area (Å²) in [6, 6.07) is 29.9. The number of carbonyl (C=O) groups is 1. The number of aromatic nitrogens is 1. The van der Waals surface area contributed by atoms with E-state index < -0.39 is 0 Å². The Morgan fingerprint density at radius 2 is 1.45 bits per heavy atom. The molecule has 1 aromatic heterocycles. The van der Waals surface area contributed by atoms with Gasteiger partial charge in [-0.25, -0.2) is 0 Å². The minimum Gasteiger partial charge on any atom is -0.386 e. The van der Waals surface area contributed by atoms with Crippen molar-refractivity contribution in [1.82, 2.24) is 4.98 Å². The topological polar surface area (TPSA) is 54.0 Å². The van der Waals surface area contributed by atoms with Crippen molar-refractivity contribution in [3.05, 3.63) is 121 Å². The molecule has 153 valence electrons. The zero-order chi connectivity index (χ0) is 21.5. The zero-order valence-electron chi connectivity index (χ0n) is 17.3. The van der Waals surface area contributed by atoms with Crippen molar-refractivity contribution in [2.75, 3.05) is 17.7 Å². The number of hydrogen-bond donors (Lipinski definition) is 2. The van der Waals surface area contributed by atoms with Gasteiger partial charge in [0.25, 0.3) is 0 Å². The minimum absolute atomic E-state index is 0.114. The molecule has 4 rings (SSSR count). The van der Waals surface area contributed by atoms with Crippen molar-refractivity contribution in [2.24, 2.45) is 0 Å². The third kappa shape index (κ3) is 4.98. The third-order valence-electron chi connectivity index (χ3n) is 5.19. The molecule has 0 atom stereocenters. The number of nitrogens with zero attached hydrogens (tertiary/aromatic N) is 1. The first-order valence-corrected chi connectivity index (χ1v) is 10.2. The van der Waals surface area contributed by atoms with Crippen molar-refractivity contribution < 1.29 is 4.79 Å². The second-order valence-corrected chi connectivity index (χ2v) is 7.20. The largest absolute Gasteiger partial charge is 0.386 e. The van der Waals surface area contributed by atoms with E-state index in [2.05, 4.69) is 15.6 Å². The maximum absolute atomic E-state index is 12.8. The van der Waals surface area contributed by atoms with Crippen molar-refractivity contribution in [1.29, 1.82) is 0 Å². The van der Waals surface area contributed by atoms with Crippen LogP contribution < -0.4 is 10.6 Å². The summed E-state index contributed by atoms with van der Waals surface area (Å²) in [5.41, 5.74) is 5.99. The summed E-state index contributed by atoms with van der Waals surface area (Å²) in [6.07, 6.45) is 5.31. The second kappa shape index (κ2) is 9.72. The van der Waals surface area contributed by atoms with Gasteiger partial charge in [-0.1, -0.05) is 72.8 Å². The van der Waals surface area contributed by atoms with Gasteiger partial charge >= 0.3 is 0 Å². The van der Waals surface area contributed by atoms with Crippen molar-refractivity contribution in [2.45, 2.75) is 5.92 Å². The molecular formula is C27H24N3O. The van der Waals surface area contributed by atoms with Gasteiger partial charge in [0.2, 0.25) is 5.91 Å². The lowest BCUT2D eigenvalue weighted by molar-refractivity contribution is -0.113. The van der Waals surface area contributed by atoms with Crippen LogP contribution >= 0.6 is 0 Å². The normalized spacial score (nSPS) is 10.6. The molecule has 0 bridgehead atoms. The van der Waals surface area contributed by atoms with Gasteiger partial charge in [-0.05, 0) is 34.9 Å². The summed E-state index contributed by atoms with van der Waals surface area (Å²) in [4.78, 5) is 17.0. The number of pyridine rings is 1. The molecule has 31 heavy (non-hydrogen) atoms. The highest BCUT2D eigenvalue weighted by molar-refractivity contribution is 5.98.